The molecular weight excluding hydrogens is 485 g/mol. The standard InChI is InChI=1S/C20H27N5OS.HI/c1-4-21-20(22-12-18-14(2)24-15(3)27-18)23-13-19(26)25-11-7-9-16-8-5-6-10-17(16)25;/h5-6,8,10H,4,7,9,11-13H2,1-3H3,(H2,21,22,23);1H. The van der Waals surface area contributed by atoms with Gasteiger partial charge in [0.1, 0.15) is 6.54 Å². The summed E-state index contributed by atoms with van der Waals surface area (Å²) in [5, 5.41) is 7.58. The van der Waals surface area contributed by atoms with Gasteiger partial charge >= 0.3 is 0 Å². The van der Waals surface area contributed by atoms with Crippen LogP contribution in [0.5, 0.6) is 0 Å². The van der Waals surface area contributed by atoms with Crippen LogP contribution in [0.1, 0.15) is 34.5 Å². The molecule has 2 heterocycles. The Labute approximate surface area is 187 Å². The Balaban J connectivity index is 0.00000280. The van der Waals surface area contributed by atoms with Crippen LogP contribution in [-0.4, -0.2) is 36.5 Å². The first kappa shape index (κ1) is 22.6. The summed E-state index contributed by atoms with van der Waals surface area (Å²) in [6, 6.07) is 8.14. The van der Waals surface area contributed by atoms with Crippen LogP contribution < -0.4 is 15.5 Å². The molecule has 0 fully saturated rings. The Kier molecular flexibility index (Phi) is 8.68. The molecule has 152 valence electrons. The zero-order chi connectivity index (χ0) is 19.2. The molecule has 1 aliphatic rings. The fourth-order valence-electron chi connectivity index (χ4n) is 3.27. The molecule has 0 radical (unpaired) electrons. The largest absolute Gasteiger partial charge is 0.357 e. The Hall–Kier alpha value is -1.68. The van der Waals surface area contributed by atoms with Crippen molar-refractivity contribution in [1.29, 1.82) is 0 Å². The minimum Gasteiger partial charge on any atom is -0.357 e. The Morgan fingerprint density at radius 1 is 1.29 bits per heavy atom. The maximum Gasteiger partial charge on any atom is 0.248 e. The number of guanidine groups is 1. The van der Waals surface area contributed by atoms with E-state index in [-0.39, 0.29) is 36.4 Å². The molecule has 0 saturated carbocycles. The van der Waals surface area contributed by atoms with Crippen molar-refractivity contribution in [3.8, 4) is 0 Å². The number of hydrogen-bond donors (Lipinski definition) is 2. The third-order valence-corrected chi connectivity index (χ3v) is 5.62. The lowest BCUT2D eigenvalue weighted by molar-refractivity contribution is -0.117. The highest BCUT2D eigenvalue weighted by Crippen LogP contribution is 2.26. The summed E-state index contributed by atoms with van der Waals surface area (Å²) in [7, 11) is 0. The highest BCUT2D eigenvalue weighted by Gasteiger charge is 2.21. The SMILES string of the molecule is CCNC(=NCC(=O)N1CCCc2ccccc21)NCc1sc(C)nc1C.I. The third-order valence-electron chi connectivity index (χ3n) is 4.54. The minimum absolute atomic E-state index is 0. The third kappa shape index (κ3) is 5.66. The maximum absolute atomic E-state index is 12.8. The number of benzene rings is 1. The second kappa shape index (κ2) is 10.8. The number of anilines is 1. The van der Waals surface area contributed by atoms with Crippen molar-refractivity contribution in [1.82, 2.24) is 15.6 Å². The quantitative estimate of drug-likeness (QED) is 0.366. The summed E-state index contributed by atoms with van der Waals surface area (Å²) < 4.78 is 0. The zero-order valence-corrected chi connectivity index (χ0v) is 19.8. The number of nitrogens with one attached hydrogen (secondary N) is 2. The van der Waals surface area contributed by atoms with Crippen LogP contribution in [0.2, 0.25) is 0 Å². The van der Waals surface area contributed by atoms with Gasteiger partial charge in [0.15, 0.2) is 5.96 Å². The van der Waals surface area contributed by atoms with Gasteiger partial charge in [0, 0.05) is 23.7 Å². The summed E-state index contributed by atoms with van der Waals surface area (Å²) in [5.41, 5.74) is 3.31. The number of nitrogens with zero attached hydrogens (tertiary/aromatic N) is 3. The fourth-order valence-corrected chi connectivity index (χ4v) is 4.14. The number of thiazole rings is 1. The molecule has 0 saturated heterocycles. The number of carbonyl (C=O) groups excluding carboxylic acids is 1. The highest BCUT2D eigenvalue weighted by atomic mass is 127. The molecule has 2 aromatic rings. The second-order valence-electron chi connectivity index (χ2n) is 6.57. The molecule has 1 aromatic heterocycles. The smallest absolute Gasteiger partial charge is 0.248 e. The van der Waals surface area contributed by atoms with E-state index >= 15 is 0 Å². The number of fused-ring (bicyclic) bond motifs is 1. The van der Waals surface area contributed by atoms with E-state index in [0.717, 1.165) is 42.3 Å². The molecular formula is C20H28IN5OS. The number of aryl methyl sites for hydroxylation is 3. The van der Waals surface area contributed by atoms with Gasteiger partial charge in [0.25, 0.3) is 0 Å². The van der Waals surface area contributed by atoms with Gasteiger partial charge < -0.3 is 15.5 Å². The highest BCUT2D eigenvalue weighted by molar-refractivity contribution is 14.0. The summed E-state index contributed by atoms with van der Waals surface area (Å²) in [5.74, 6) is 0.686. The predicted octanol–water partition coefficient (Wildman–Crippen LogP) is 3.41. The summed E-state index contributed by atoms with van der Waals surface area (Å²) in [4.78, 5) is 24.8. The number of amides is 1. The van der Waals surface area contributed by atoms with Crippen LogP contribution in [0.25, 0.3) is 0 Å². The number of para-hydroxylation sites is 1. The zero-order valence-electron chi connectivity index (χ0n) is 16.6. The number of halogens is 1. The monoisotopic (exact) mass is 513 g/mol. The first-order valence-corrected chi connectivity index (χ1v) is 10.2. The molecule has 0 aliphatic carbocycles. The molecule has 0 atom stereocenters. The molecule has 1 aliphatic heterocycles. The average molecular weight is 513 g/mol. The van der Waals surface area contributed by atoms with E-state index in [9.17, 15) is 4.79 Å². The van der Waals surface area contributed by atoms with Gasteiger partial charge in [-0.15, -0.1) is 35.3 Å². The van der Waals surface area contributed by atoms with Crippen molar-refractivity contribution in [3.05, 3.63) is 45.4 Å². The molecule has 3 rings (SSSR count). The van der Waals surface area contributed by atoms with E-state index in [1.165, 1.54) is 10.4 Å². The molecule has 0 bridgehead atoms. The van der Waals surface area contributed by atoms with Crippen LogP contribution in [0, 0.1) is 13.8 Å². The number of rotatable bonds is 5. The second-order valence-corrected chi connectivity index (χ2v) is 7.86. The molecule has 8 heteroatoms. The lowest BCUT2D eigenvalue weighted by Crippen LogP contribution is -2.40. The Morgan fingerprint density at radius 2 is 2.07 bits per heavy atom. The van der Waals surface area contributed by atoms with Crippen molar-refractivity contribution < 1.29 is 4.79 Å². The van der Waals surface area contributed by atoms with Gasteiger partial charge in [0.2, 0.25) is 5.91 Å². The van der Waals surface area contributed by atoms with E-state index in [4.69, 9.17) is 0 Å². The van der Waals surface area contributed by atoms with Crippen LogP contribution in [0.3, 0.4) is 0 Å². The lowest BCUT2D eigenvalue weighted by Gasteiger charge is -2.29. The summed E-state index contributed by atoms with van der Waals surface area (Å²) >= 11 is 1.68. The number of aromatic nitrogens is 1. The van der Waals surface area contributed by atoms with Gasteiger partial charge in [-0.05, 0) is 45.2 Å². The molecule has 0 unspecified atom stereocenters. The average Bonchev–Trinajstić information content (AvgIpc) is 3.00. The first-order chi connectivity index (χ1) is 13.1. The molecule has 2 N–H and O–H groups in total. The van der Waals surface area contributed by atoms with Crippen LogP contribution in [0.15, 0.2) is 29.3 Å². The molecule has 6 nitrogen and oxygen atoms in total. The first-order valence-electron chi connectivity index (χ1n) is 9.42. The van der Waals surface area contributed by atoms with E-state index in [2.05, 4.69) is 26.7 Å². The lowest BCUT2D eigenvalue weighted by atomic mass is 10.0. The maximum atomic E-state index is 12.8. The van der Waals surface area contributed by atoms with Gasteiger partial charge in [-0.25, -0.2) is 9.98 Å². The number of carbonyl (C=O) groups is 1. The van der Waals surface area contributed by atoms with E-state index in [1.54, 1.807) is 11.3 Å². The minimum atomic E-state index is 0. The van der Waals surface area contributed by atoms with Gasteiger partial charge in [0.05, 0.1) is 17.2 Å². The molecule has 0 spiro atoms. The van der Waals surface area contributed by atoms with Crippen molar-refractivity contribution in [2.75, 3.05) is 24.5 Å². The topological polar surface area (TPSA) is 69.6 Å². The van der Waals surface area contributed by atoms with Crippen LogP contribution in [-0.2, 0) is 17.8 Å². The van der Waals surface area contributed by atoms with E-state index < -0.39 is 0 Å². The van der Waals surface area contributed by atoms with E-state index in [0.29, 0.717) is 12.5 Å². The normalized spacial score (nSPS) is 13.5. The van der Waals surface area contributed by atoms with Crippen molar-refractivity contribution in [3.63, 3.8) is 0 Å². The van der Waals surface area contributed by atoms with Crippen LogP contribution >= 0.6 is 35.3 Å². The van der Waals surface area contributed by atoms with E-state index in [1.807, 2.05) is 43.9 Å². The molecule has 1 aromatic carbocycles. The molecule has 1 amide bonds. The van der Waals surface area contributed by atoms with Crippen molar-refractivity contribution in [2.24, 2.45) is 4.99 Å². The Bertz CT molecular complexity index is 836. The Morgan fingerprint density at radius 3 is 2.79 bits per heavy atom. The molecule has 28 heavy (non-hydrogen) atoms. The predicted molar refractivity (Wildman–Crippen MR) is 127 cm³/mol. The van der Waals surface area contributed by atoms with Gasteiger partial charge in [-0.3, -0.25) is 4.79 Å². The fraction of sp³-hybridized carbons (Fsp3) is 0.450. The summed E-state index contributed by atoms with van der Waals surface area (Å²) in [6.07, 6.45) is 2.02. The number of hydrogen-bond acceptors (Lipinski definition) is 4. The van der Waals surface area contributed by atoms with Crippen molar-refractivity contribution >= 4 is 52.9 Å². The van der Waals surface area contributed by atoms with Gasteiger partial charge in [-0.2, -0.15) is 0 Å². The summed E-state index contributed by atoms with van der Waals surface area (Å²) in [6.45, 7) is 8.33. The van der Waals surface area contributed by atoms with Crippen molar-refractivity contribution in [2.45, 2.75) is 40.2 Å². The number of aliphatic imine (C=N–C) groups is 1. The van der Waals surface area contributed by atoms with Gasteiger partial charge in [-0.1, -0.05) is 18.2 Å². The van der Waals surface area contributed by atoms with Crippen LogP contribution in [0.4, 0.5) is 5.69 Å².